The maximum Gasteiger partial charge on any atom is 0.416 e. The quantitative estimate of drug-likeness (QED) is 0.851. The second-order valence-electron chi connectivity index (χ2n) is 6.46. The predicted molar refractivity (Wildman–Crippen MR) is 92.9 cm³/mol. The third-order valence-electron chi connectivity index (χ3n) is 4.41. The summed E-state index contributed by atoms with van der Waals surface area (Å²) in [6, 6.07) is 5.89. The second-order valence-corrected chi connectivity index (χ2v) is 6.46. The van der Waals surface area contributed by atoms with Crippen molar-refractivity contribution in [2.24, 2.45) is 0 Å². The van der Waals surface area contributed by atoms with Crippen LogP contribution in [0.15, 0.2) is 35.1 Å². The van der Waals surface area contributed by atoms with Crippen LogP contribution < -0.4 is 16.1 Å². The van der Waals surface area contributed by atoms with Gasteiger partial charge in [-0.3, -0.25) is 9.59 Å². The molecule has 2 heterocycles. The fourth-order valence-electron chi connectivity index (χ4n) is 3.01. The van der Waals surface area contributed by atoms with Gasteiger partial charge in [-0.2, -0.15) is 18.3 Å². The van der Waals surface area contributed by atoms with E-state index in [1.54, 1.807) is 6.92 Å². The molecule has 0 saturated carbocycles. The highest BCUT2D eigenvalue weighted by atomic mass is 19.4. The van der Waals surface area contributed by atoms with E-state index < -0.39 is 23.1 Å². The van der Waals surface area contributed by atoms with Gasteiger partial charge in [0.15, 0.2) is 5.69 Å². The van der Waals surface area contributed by atoms with Gasteiger partial charge in [-0.15, -0.1) is 0 Å². The fraction of sp³-hybridized carbons (Fsp3) is 0.389. The Morgan fingerprint density at radius 1 is 1.37 bits per heavy atom. The van der Waals surface area contributed by atoms with Crippen LogP contribution in [0.4, 0.5) is 13.2 Å². The van der Waals surface area contributed by atoms with Crippen molar-refractivity contribution >= 4 is 5.91 Å². The first-order chi connectivity index (χ1) is 12.8. The monoisotopic (exact) mass is 380 g/mol. The number of aryl methyl sites for hydroxylation is 1. The molecule has 0 spiro atoms. The summed E-state index contributed by atoms with van der Waals surface area (Å²) in [4.78, 5) is 24.5. The van der Waals surface area contributed by atoms with Crippen molar-refractivity contribution in [2.75, 3.05) is 13.1 Å². The van der Waals surface area contributed by atoms with Gasteiger partial charge in [0.2, 0.25) is 5.43 Å². The van der Waals surface area contributed by atoms with Crippen molar-refractivity contribution in [3.8, 4) is 5.69 Å². The van der Waals surface area contributed by atoms with Crippen LogP contribution in [0, 0.1) is 6.92 Å². The van der Waals surface area contributed by atoms with Crippen molar-refractivity contribution < 1.29 is 18.0 Å². The van der Waals surface area contributed by atoms with Gasteiger partial charge in [0.05, 0.1) is 11.3 Å². The molecule has 1 aromatic heterocycles. The van der Waals surface area contributed by atoms with Crippen LogP contribution in [-0.4, -0.2) is 34.8 Å². The molecule has 1 aliphatic rings. The number of nitrogens with one attached hydrogen (secondary N) is 2. The number of nitrogens with zero attached hydrogens (tertiary/aromatic N) is 2. The minimum Gasteiger partial charge on any atom is -0.349 e. The lowest BCUT2D eigenvalue weighted by molar-refractivity contribution is -0.137. The van der Waals surface area contributed by atoms with Crippen molar-refractivity contribution in [3.63, 3.8) is 0 Å². The third-order valence-corrected chi connectivity index (χ3v) is 4.41. The summed E-state index contributed by atoms with van der Waals surface area (Å²) in [5.74, 6) is -0.644. The minimum atomic E-state index is -4.50. The Labute approximate surface area is 153 Å². The lowest BCUT2D eigenvalue weighted by Gasteiger charge is -2.14. The van der Waals surface area contributed by atoms with E-state index in [2.05, 4.69) is 15.7 Å². The molecule has 0 radical (unpaired) electrons. The van der Waals surface area contributed by atoms with Crippen molar-refractivity contribution in [1.29, 1.82) is 0 Å². The van der Waals surface area contributed by atoms with Gasteiger partial charge < -0.3 is 10.6 Å². The maximum absolute atomic E-state index is 13.0. The smallest absolute Gasteiger partial charge is 0.349 e. The molecule has 27 heavy (non-hydrogen) atoms. The lowest BCUT2D eigenvalue weighted by Crippen LogP contribution is -2.39. The van der Waals surface area contributed by atoms with E-state index in [1.807, 2.05) is 0 Å². The molecule has 9 heteroatoms. The van der Waals surface area contributed by atoms with E-state index in [0.717, 1.165) is 31.5 Å². The molecular weight excluding hydrogens is 361 g/mol. The second kappa shape index (κ2) is 7.51. The van der Waals surface area contributed by atoms with Crippen molar-refractivity contribution in [1.82, 2.24) is 20.4 Å². The van der Waals surface area contributed by atoms with Crippen molar-refractivity contribution in [2.45, 2.75) is 32.0 Å². The molecule has 1 fully saturated rings. The fourth-order valence-corrected chi connectivity index (χ4v) is 3.01. The summed E-state index contributed by atoms with van der Waals surface area (Å²) in [7, 11) is 0. The first-order valence-electron chi connectivity index (χ1n) is 8.56. The number of benzene rings is 1. The molecule has 2 aromatic rings. The number of rotatable bonds is 4. The van der Waals surface area contributed by atoms with Crippen LogP contribution in [0.5, 0.6) is 0 Å². The standard InChI is InChI=1S/C18H19F3N4O2/c1-11-8-15(26)16(17(27)23-10-13-5-3-7-22-13)24-25(11)14-6-2-4-12(9-14)18(19,20)21/h2,4,6,8-9,13,22H,3,5,7,10H2,1H3,(H,23,27). The number of hydrogen-bond acceptors (Lipinski definition) is 4. The maximum atomic E-state index is 13.0. The Bertz CT molecular complexity index is 902. The number of alkyl halides is 3. The zero-order valence-corrected chi connectivity index (χ0v) is 14.6. The first-order valence-corrected chi connectivity index (χ1v) is 8.56. The summed E-state index contributed by atoms with van der Waals surface area (Å²) in [5.41, 5.74) is -1.32. The lowest BCUT2D eigenvalue weighted by atomic mass is 10.2. The van der Waals surface area contributed by atoms with Crippen molar-refractivity contribution in [3.05, 3.63) is 57.5 Å². The van der Waals surface area contributed by atoms with Gasteiger partial charge >= 0.3 is 6.18 Å². The Kier molecular flexibility index (Phi) is 5.31. The Morgan fingerprint density at radius 3 is 2.81 bits per heavy atom. The van der Waals surface area contributed by atoms with Crippen LogP contribution in [0.1, 0.15) is 34.6 Å². The highest BCUT2D eigenvalue weighted by Crippen LogP contribution is 2.30. The molecule has 0 bridgehead atoms. The Hall–Kier alpha value is -2.68. The van der Waals surface area contributed by atoms with Gasteiger partial charge in [0, 0.05) is 24.3 Å². The van der Waals surface area contributed by atoms with Gasteiger partial charge in [0.1, 0.15) is 0 Å². The topological polar surface area (TPSA) is 76.0 Å². The van der Waals surface area contributed by atoms with Crippen LogP contribution >= 0.6 is 0 Å². The van der Waals surface area contributed by atoms with E-state index in [-0.39, 0.29) is 17.4 Å². The van der Waals surface area contributed by atoms with E-state index >= 15 is 0 Å². The molecule has 0 aliphatic carbocycles. The molecule has 6 nitrogen and oxygen atoms in total. The van der Waals surface area contributed by atoms with E-state index in [1.165, 1.54) is 22.9 Å². The molecule has 1 aromatic carbocycles. The van der Waals surface area contributed by atoms with E-state index in [0.29, 0.717) is 12.2 Å². The molecule has 1 amide bonds. The zero-order chi connectivity index (χ0) is 19.6. The number of amides is 1. The minimum absolute atomic E-state index is 0.119. The summed E-state index contributed by atoms with van der Waals surface area (Å²) >= 11 is 0. The number of hydrogen-bond donors (Lipinski definition) is 2. The highest BCUT2D eigenvalue weighted by molar-refractivity contribution is 5.92. The van der Waals surface area contributed by atoms with Gasteiger partial charge in [0.25, 0.3) is 5.91 Å². The molecule has 144 valence electrons. The van der Waals surface area contributed by atoms with Crippen LogP contribution in [0.2, 0.25) is 0 Å². The number of carbonyl (C=O) groups is 1. The van der Waals surface area contributed by atoms with E-state index in [9.17, 15) is 22.8 Å². The first kappa shape index (κ1) is 19.1. The van der Waals surface area contributed by atoms with Gasteiger partial charge in [-0.1, -0.05) is 6.07 Å². The van der Waals surface area contributed by atoms with Crippen LogP contribution in [-0.2, 0) is 6.18 Å². The molecule has 1 atom stereocenters. The summed E-state index contributed by atoms with van der Waals surface area (Å²) in [5, 5.41) is 9.89. The summed E-state index contributed by atoms with van der Waals surface area (Å²) in [6.45, 7) is 2.78. The molecule has 2 N–H and O–H groups in total. The normalized spacial score (nSPS) is 17.1. The average Bonchev–Trinajstić information content (AvgIpc) is 3.13. The number of carbonyl (C=O) groups excluding carboxylic acids is 1. The van der Waals surface area contributed by atoms with Gasteiger partial charge in [-0.25, -0.2) is 4.68 Å². The summed E-state index contributed by atoms with van der Waals surface area (Å²) < 4.78 is 40.0. The molecular formula is C18H19F3N4O2. The third kappa shape index (κ3) is 4.36. The summed E-state index contributed by atoms with van der Waals surface area (Å²) in [6.07, 6.45) is -2.56. The Morgan fingerprint density at radius 2 is 2.15 bits per heavy atom. The number of aromatic nitrogens is 2. The van der Waals surface area contributed by atoms with Gasteiger partial charge in [-0.05, 0) is 44.5 Å². The van der Waals surface area contributed by atoms with Crippen LogP contribution in [0.25, 0.3) is 5.69 Å². The van der Waals surface area contributed by atoms with E-state index in [4.69, 9.17) is 0 Å². The molecule has 1 saturated heterocycles. The molecule has 1 unspecified atom stereocenters. The average molecular weight is 380 g/mol. The molecule has 1 aliphatic heterocycles. The SMILES string of the molecule is Cc1cc(=O)c(C(=O)NCC2CCCN2)nn1-c1cccc(C(F)(F)F)c1. The Balaban J connectivity index is 1.90. The number of halogens is 3. The largest absolute Gasteiger partial charge is 0.416 e. The zero-order valence-electron chi connectivity index (χ0n) is 14.6. The highest BCUT2D eigenvalue weighted by Gasteiger charge is 2.30. The van der Waals surface area contributed by atoms with Crippen LogP contribution in [0.3, 0.4) is 0 Å². The predicted octanol–water partition coefficient (Wildman–Crippen LogP) is 2.04. The molecule has 3 rings (SSSR count).